The van der Waals surface area contributed by atoms with Gasteiger partial charge in [-0.3, -0.25) is 0 Å². The number of hydrogen-bond acceptors (Lipinski definition) is 4. The van der Waals surface area contributed by atoms with Crippen molar-refractivity contribution in [1.29, 1.82) is 0 Å². The van der Waals surface area contributed by atoms with Crippen LogP contribution in [0.5, 0.6) is 5.75 Å². The standard InChI is InChI=1S/C12H18N2O2/c1-2-16-11-5-3-4-10(12(11)13)14-7-6-9(15)8-14/h3-5,9,15H,2,6-8,13H2,1H3. The van der Waals surface area contributed by atoms with E-state index in [9.17, 15) is 5.11 Å². The summed E-state index contributed by atoms with van der Waals surface area (Å²) in [6, 6.07) is 5.77. The topological polar surface area (TPSA) is 58.7 Å². The van der Waals surface area contributed by atoms with E-state index in [0.29, 0.717) is 18.8 Å². The van der Waals surface area contributed by atoms with Crippen molar-refractivity contribution in [3.63, 3.8) is 0 Å². The van der Waals surface area contributed by atoms with Crippen LogP contribution in [0, 0.1) is 0 Å². The molecule has 1 unspecified atom stereocenters. The van der Waals surface area contributed by atoms with E-state index < -0.39 is 0 Å². The molecule has 2 rings (SSSR count). The number of nitrogen functional groups attached to an aromatic ring is 1. The molecule has 0 aliphatic carbocycles. The molecule has 1 aliphatic rings. The molecule has 1 aliphatic heterocycles. The average molecular weight is 222 g/mol. The van der Waals surface area contributed by atoms with Crippen molar-refractivity contribution >= 4 is 11.4 Å². The number of para-hydroxylation sites is 1. The highest BCUT2D eigenvalue weighted by molar-refractivity contribution is 5.74. The fourth-order valence-electron chi connectivity index (χ4n) is 2.05. The Balaban J connectivity index is 2.23. The Hall–Kier alpha value is -1.42. The van der Waals surface area contributed by atoms with Crippen LogP contribution in [0.1, 0.15) is 13.3 Å². The first-order valence-electron chi connectivity index (χ1n) is 5.66. The smallest absolute Gasteiger partial charge is 0.144 e. The zero-order valence-electron chi connectivity index (χ0n) is 9.52. The van der Waals surface area contributed by atoms with Gasteiger partial charge in [-0.05, 0) is 25.5 Å². The third-order valence-electron chi connectivity index (χ3n) is 2.85. The van der Waals surface area contributed by atoms with Gasteiger partial charge in [0.2, 0.25) is 0 Å². The summed E-state index contributed by atoms with van der Waals surface area (Å²) in [6.07, 6.45) is 0.563. The van der Waals surface area contributed by atoms with Gasteiger partial charge in [-0.15, -0.1) is 0 Å². The molecule has 1 aromatic carbocycles. The van der Waals surface area contributed by atoms with Crippen LogP contribution < -0.4 is 15.4 Å². The zero-order valence-corrected chi connectivity index (χ0v) is 9.52. The number of aliphatic hydroxyl groups excluding tert-OH is 1. The molecular formula is C12H18N2O2. The first kappa shape index (κ1) is 11.1. The maximum Gasteiger partial charge on any atom is 0.144 e. The number of hydrogen-bond donors (Lipinski definition) is 2. The van der Waals surface area contributed by atoms with Crippen LogP contribution in [0.2, 0.25) is 0 Å². The molecular weight excluding hydrogens is 204 g/mol. The van der Waals surface area contributed by atoms with Gasteiger partial charge in [0.05, 0.1) is 24.1 Å². The van der Waals surface area contributed by atoms with Gasteiger partial charge in [0.15, 0.2) is 0 Å². The number of β-amino-alcohol motifs (C(OH)–C–C–N with tert-alkyl or cyclic N) is 1. The van der Waals surface area contributed by atoms with Crippen molar-refractivity contribution in [2.75, 3.05) is 30.3 Å². The van der Waals surface area contributed by atoms with E-state index in [0.717, 1.165) is 24.4 Å². The highest BCUT2D eigenvalue weighted by Crippen LogP contribution is 2.33. The van der Waals surface area contributed by atoms with Crippen molar-refractivity contribution in [2.45, 2.75) is 19.4 Å². The minimum Gasteiger partial charge on any atom is -0.492 e. The third-order valence-corrected chi connectivity index (χ3v) is 2.85. The van der Waals surface area contributed by atoms with Gasteiger partial charge in [-0.2, -0.15) is 0 Å². The van der Waals surface area contributed by atoms with E-state index in [2.05, 4.69) is 4.90 Å². The second-order valence-corrected chi connectivity index (χ2v) is 4.01. The molecule has 1 fully saturated rings. The summed E-state index contributed by atoms with van der Waals surface area (Å²) in [5.41, 5.74) is 7.67. The second-order valence-electron chi connectivity index (χ2n) is 4.01. The van der Waals surface area contributed by atoms with Gasteiger partial charge in [-0.1, -0.05) is 6.07 Å². The molecule has 0 radical (unpaired) electrons. The van der Waals surface area contributed by atoms with Crippen LogP contribution in [0.4, 0.5) is 11.4 Å². The first-order chi connectivity index (χ1) is 7.72. The van der Waals surface area contributed by atoms with Crippen molar-refractivity contribution in [1.82, 2.24) is 0 Å². The Bertz CT molecular complexity index is 368. The lowest BCUT2D eigenvalue weighted by Gasteiger charge is -2.21. The van der Waals surface area contributed by atoms with E-state index in [1.165, 1.54) is 0 Å². The van der Waals surface area contributed by atoms with Gasteiger partial charge in [-0.25, -0.2) is 0 Å². The molecule has 0 spiro atoms. The molecule has 0 saturated carbocycles. The molecule has 3 N–H and O–H groups in total. The average Bonchev–Trinajstić information content (AvgIpc) is 2.68. The Morgan fingerprint density at radius 3 is 3.00 bits per heavy atom. The highest BCUT2D eigenvalue weighted by Gasteiger charge is 2.22. The Morgan fingerprint density at radius 1 is 1.56 bits per heavy atom. The first-order valence-corrected chi connectivity index (χ1v) is 5.66. The second kappa shape index (κ2) is 4.61. The van der Waals surface area contributed by atoms with Crippen LogP contribution in [-0.4, -0.2) is 30.9 Å². The van der Waals surface area contributed by atoms with E-state index in [4.69, 9.17) is 10.5 Å². The number of benzene rings is 1. The van der Waals surface area contributed by atoms with Crippen LogP contribution >= 0.6 is 0 Å². The SMILES string of the molecule is CCOc1cccc(N2CCC(O)C2)c1N. The molecule has 1 heterocycles. The normalized spacial score (nSPS) is 20.1. The molecule has 1 atom stereocenters. The van der Waals surface area contributed by atoms with Gasteiger partial charge in [0.1, 0.15) is 5.75 Å². The minimum absolute atomic E-state index is 0.241. The molecule has 4 heteroatoms. The van der Waals surface area contributed by atoms with E-state index >= 15 is 0 Å². The monoisotopic (exact) mass is 222 g/mol. The summed E-state index contributed by atoms with van der Waals surface area (Å²) >= 11 is 0. The molecule has 4 nitrogen and oxygen atoms in total. The largest absolute Gasteiger partial charge is 0.492 e. The number of aliphatic hydroxyl groups is 1. The Morgan fingerprint density at radius 2 is 2.38 bits per heavy atom. The maximum absolute atomic E-state index is 9.51. The van der Waals surface area contributed by atoms with Crippen LogP contribution in [0.3, 0.4) is 0 Å². The van der Waals surface area contributed by atoms with E-state index in [-0.39, 0.29) is 6.10 Å². The van der Waals surface area contributed by atoms with Crippen molar-refractivity contribution in [2.24, 2.45) is 0 Å². The maximum atomic E-state index is 9.51. The molecule has 1 saturated heterocycles. The summed E-state index contributed by atoms with van der Waals surface area (Å²) in [7, 11) is 0. The van der Waals surface area contributed by atoms with Crippen molar-refractivity contribution < 1.29 is 9.84 Å². The predicted octanol–water partition coefficient (Wildman–Crippen LogP) is 1.24. The van der Waals surface area contributed by atoms with E-state index in [1.807, 2.05) is 25.1 Å². The molecule has 1 aromatic rings. The number of anilines is 2. The minimum atomic E-state index is -0.241. The predicted molar refractivity (Wildman–Crippen MR) is 64.9 cm³/mol. The number of nitrogens with two attached hydrogens (primary N) is 1. The lowest BCUT2D eigenvalue weighted by Crippen LogP contribution is -2.22. The summed E-state index contributed by atoms with van der Waals surface area (Å²) in [5.74, 6) is 0.724. The van der Waals surface area contributed by atoms with Crippen LogP contribution in [0.15, 0.2) is 18.2 Å². The lowest BCUT2D eigenvalue weighted by atomic mass is 10.2. The molecule has 0 amide bonds. The molecule has 16 heavy (non-hydrogen) atoms. The number of ether oxygens (including phenoxy) is 1. The van der Waals surface area contributed by atoms with Gasteiger partial charge in [0, 0.05) is 13.1 Å². The fraction of sp³-hybridized carbons (Fsp3) is 0.500. The van der Waals surface area contributed by atoms with Crippen molar-refractivity contribution in [3.8, 4) is 5.75 Å². The van der Waals surface area contributed by atoms with E-state index in [1.54, 1.807) is 0 Å². The number of rotatable bonds is 3. The number of nitrogens with zero attached hydrogens (tertiary/aromatic N) is 1. The Kier molecular flexibility index (Phi) is 3.19. The fourth-order valence-corrected chi connectivity index (χ4v) is 2.05. The molecule has 88 valence electrons. The van der Waals surface area contributed by atoms with Gasteiger partial charge >= 0.3 is 0 Å². The van der Waals surface area contributed by atoms with Crippen molar-refractivity contribution in [3.05, 3.63) is 18.2 Å². The highest BCUT2D eigenvalue weighted by atomic mass is 16.5. The van der Waals surface area contributed by atoms with Crippen LogP contribution in [-0.2, 0) is 0 Å². The zero-order chi connectivity index (χ0) is 11.5. The quantitative estimate of drug-likeness (QED) is 0.755. The summed E-state index contributed by atoms with van der Waals surface area (Å²) in [6.45, 7) is 4.04. The summed E-state index contributed by atoms with van der Waals surface area (Å²) < 4.78 is 5.45. The van der Waals surface area contributed by atoms with Crippen LogP contribution in [0.25, 0.3) is 0 Å². The Labute approximate surface area is 95.6 Å². The summed E-state index contributed by atoms with van der Waals surface area (Å²) in [5, 5.41) is 9.51. The molecule has 0 bridgehead atoms. The van der Waals surface area contributed by atoms with Gasteiger partial charge in [0.25, 0.3) is 0 Å². The van der Waals surface area contributed by atoms with Gasteiger partial charge < -0.3 is 20.5 Å². The summed E-state index contributed by atoms with van der Waals surface area (Å²) in [4.78, 5) is 2.10. The lowest BCUT2D eigenvalue weighted by molar-refractivity contribution is 0.198. The molecule has 0 aromatic heterocycles. The third kappa shape index (κ3) is 2.07.